The molecule has 2 aliphatic heterocycles. The van der Waals surface area contributed by atoms with Crippen molar-refractivity contribution in [2.24, 2.45) is 0 Å². The lowest BCUT2D eigenvalue weighted by Gasteiger charge is -2.30. The minimum absolute atomic E-state index is 0.105. The molecule has 0 aliphatic carbocycles. The summed E-state index contributed by atoms with van der Waals surface area (Å²) in [6, 6.07) is 55.4. The first kappa shape index (κ1) is 25.8. The average molecular weight is 605 g/mol. The summed E-state index contributed by atoms with van der Waals surface area (Å²) in [7, 11) is 0. The molecule has 0 spiro atoms. The second kappa shape index (κ2) is 10.00. The number of benzene rings is 7. The predicted molar refractivity (Wildman–Crippen MR) is 195 cm³/mol. The highest BCUT2D eigenvalue weighted by atomic mass is 32.2. The maximum absolute atomic E-state index is 3.97. The summed E-state index contributed by atoms with van der Waals surface area (Å²) < 4.78 is 2.55. The molecule has 0 saturated heterocycles. The van der Waals surface area contributed by atoms with Gasteiger partial charge >= 0.3 is 0 Å². The molecule has 1 unspecified atom stereocenters. The van der Waals surface area contributed by atoms with Crippen LogP contribution in [0.5, 0.6) is 0 Å². The zero-order chi connectivity index (χ0) is 30.2. The zero-order valence-electron chi connectivity index (χ0n) is 24.9. The van der Waals surface area contributed by atoms with Gasteiger partial charge in [0.2, 0.25) is 0 Å². The fraction of sp³-hybridized carbons (Fsp3) is 0.0233. The van der Waals surface area contributed by atoms with E-state index >= 15 is 0 Å². The van der Waals surface area contributed by atoms with Crippen LogP contribution in [-0.4, -0.2) is 4.57 Å². The molecule has 3 heterocycles. The smallest absolute Gasteiger partial charge is 0.124 e. The third-order valence-corrected chi connectivity index (χ3v) is 10.8. The van der Waals surface area contributed by atoms with E-state index in [1.165, 1.54) is 81.3 Å². The minimum atomic E-state index is -0.105. The highest BCUT2D eigenvalue weighted by molar-refractivity contribution is 7.99. The van der Waals surface area contributed by atoms with Gasteiger partial charge in [0.25, 0.3) is 0 Å². The van der Waals surface area contributed by atoms with Gasteiger partial charge in [-0.15, -0.1) is 0 Å². The van der Waals surface area contributed by atoms with Crippen molar-refractivity contribution in [1.82, 2.24) is 4.57 Å². The molecule has 0 amide bonds. The summed E-state index contributed by atoms with van der Waals surface area (Å²) in [6.07, 6.45) is 2.34. The van der Waals surface area contributed by atoms with E-state index in [0.29, 0.717) is 0 Å². The van der Waals surface area contributed by atoms with Gasteiger partial charge in [-0.05, 0) is 68.4 Å². The van der Waals surface area contributed by atoms with E-state index in [0.717, 1.165) is 5.69 Å². The van der Waals surface area contributed by atoms with Crippen LogP contribution >= 0.6 is 11.8 Å². The Labute approximate surface area is 271 Å². The normalized spacial score (nSPS) is 15.0. The largest absolute Gasteiger partial charge is 0.361 e. The Balaban J connectivity index is 1.30. The Hall–Kier alpha value is -5.51. The number of nitrogens with zero attached hydrogens (tertiary/aromatic N) is 1. The fourth-order valence-corrected chi connectivity index (χ4v) is 8.88. The molecule has 2 nitrogen and oxygen atoms in total. The molecule has 3 heteroatoms. The summed E-state index contributed by atoms with van der Waals surface area (Å²) in [6.45, 7) is 0. The monoisotopic (exact) mass is 604 g/mol. The summed E-state index contributed by atoms with van der Waals surface area (Å²) >= 11 is 1.90. The second-order valence-electron chi connectivity index (χ2n) is 12.1. The zero-order valence-corrected chi connectivity index (χ0v) is 25.8. The van der Waals surface area contributed by atoms with Crippen molar-refractivity contribution in [3.05, 3.63) is 169 Å². The highest BCUT2D eigenvalue weighted by Gasteiger charge is 2.29. The van der Waals surface area contributed by atoms with Crippen LogP contribution in [0.3, 0.4) is 0 Å². The van der Waals surface area contributed by atoms with Crippen LogP contribution in [0.15, 0.2) is 168 Å². The third-order valence-electron chi connectivity index (χ3n) is 9.64. The minimum Gasteiger partial charge on any atom is -0.361 e. The second-order valence-corrected chi connectivity index (χ2v) is 13.2. The number of aromatic nitrogens is 1. The van der Waals surface area contributed by atoms with E-state index in [2.05, 4.69) is 168 Å². The Morgan fingerprint density at radius 2 is 1.13 bits per heavy atom. The topological polar surface area (TPSA) is 17.0 Å². The Morgan fingerprint density at radius 3 is 2.02 bits per heavy atom. The molecule has 0 bridgehead atoms. The van der Waals surface area contributed by atoms with Crippen molar-refractivity contribution in [3.8, 4) is 22.3 Å². The summed E-state index contributed by atoms with van der Waals surface area (Å²) in [5.74, 6) is 0. The molecule has 8 aromatic rings. The van der Waals surface area contributed by atoms with Crippen LogP contribution in [0, 0.1) is 0 Å². The Kier molecular flexibility index (Phi) is 5.60. The van der Waals surface area contributed by atoms with Crippen molar-refractivity contribution in [3.63, 3.8) is 0 Å². The van der Waals surface area contributed by atoms with Gasteiger partial charge in [0, 0.05) is 31.8 Å². The van der Waals surface area contributed by atoms with Gasteiger partial charge in [-0.1, -0.05) is 145 Å². The number of hydrogen-bond acceptors (Lipinski definition) is 2. The van der Waals surface area contributed by atoms with E-state index in [4.69, 9.17) is 0 Å². The molecule has 1 aromatic heterocycles. The molecule has 10 rings (SSSR count). The molecule has 1 atom stereocenters. The maximum atomic E-state index is 3.97. The van der Waals surface area contributed by atoms with E-state index in [-0.39, 0.29) is 6.17 Å². The van der Waals surface area contributed by atoms with Crippen LogP contribution in [0.1, 0.15) is 17.3 Å². The van der Waals surface area contributed by atoms with Crippen LogP contribution in [0.25, 0.3) is 60.4 Å². The average Bonchev–Trinajstić information content (AvgIpc) is 3.38. The lowest BCUT2D eigenvalue weighted by atomic mass is 9.89. The molecule has 1 N–H and O–H groups in total. The number of rotatable bonds is 2. The van der Waals surface area contributed by atoms with E-state index in [9.17, 15) is 0 Å². The highest BCUT2D eigenvalue weighted by Crippen LogP contribution is 2.52. The Bertz CT molecular complexity index is 2550. The third kappa shape index (κ3) is 3.73. The van der Waals surface area contributed by atoms with Crippen LogP contribution < -0.4 is 5.32 Å². The first-order chi connectivity index (χ1) is 22.8. The molecular weight excluding hydrogens is 577 g/mol. The van der Waals surface area contributed by atoms with Crippen molar-refractivity contribution in [1.29, 1.82) is 0 Å². The molecule has 7 aromatic carbocycles. The van der Waals surface area contributed by atoms with Gasteiger partial charge in [0.1, 0.15) is 6.17 Å². The van der Waals surface area contributed by atoms with Gasteiger partial charge in [0.15, 0.2) is 0 Å². The molecule has 0 radical (unpaired) electrons. The lowest BCUT2D eigenvalue weighted by molar-refractivity contribution is 0.719. The standard InChI is InChI=1S/C43H28N2S/c1-2-14-28-27(12-1)13-11-20-29(28)37-26-41(44-38-21-8-5-17-32(37)38)45-39-22-9-6-18-33(39)35-24-25-36-31-16-4-3-15-30(31)34-19-7-10-23-40(34)46-43(36)42(35)45/h1-26,41,44H. The summed E-state index contributed by atoms with van der Waals surface area (Å²) in [5.41, 5.74) is 12.5. The van der Waals surface area contributed by atoms with Crippen LogP contribution in [0.2, 0.25) is 0 Å². The van der Waals surface area contributed by atoms with Gasteiger partial charge in [-0.25, -0.2) is 0 Å². The Morgan fingerprint density at radius 1 is 0.478 bits per heavy atom. The SMILES string of the molecule is C1=C(c2cccc3ccccc23)c2ccccc2NC1n1c2ccccc2c2ccc3c(c21)Sc1ccccc1-c1ccccc1-3. The maximum Gasteiger partial charge on any atom is 0.124 e. The molecule has 2 aliphatic rings. The summed E-state index contributed by atoms with van der Waals surface area (Å²) in [4.78, 5) is 2.58. The first-order valence-corrected chi connectivity index (χ1v) is 16.6. The van der Waals surface area contributed by atoms with Crippen molar-refractivity contribution >= 4 is 55.6 Å². The first-order valence-electron chi connectivity index (χ1n) is 15.8. The van der Waals surface area contributed by atoms with Crippen molar-refractivity contribution in [2.75, 3.05) is 5.32 Å². The molecule has 0 fully saturated rings. The number of fused-ring (bicyclic) bond motifs is 11. The molecule has 216 valence electrons. The van der Waals surface area contributed by atoms with E-state index in [1.54, 1.807) is 0 Å². The van der Waals surface area contributed by atoms with E-state index < -0.39 is 0 Å². The van der Waals surface area contributed by atoms with E-state index in [1.807, 2.05) is 11.8 Å². The van der Waals surface area contributed by atoms with Crippen molar-refractivity contribution in [2.45, 2.75) is 16.0 Å². The van der Waals surface area contributed by atoms with Gasteiger partial charge in [0.05, 0.1) is 11.0 Å². The molecule has 46 heavy (non-hydrogen) atoms. The fourth-order valence-electron chi connectivity index (χ4n) is 7.63. The van der Waals surface area contributed by atoms with Crippen LogP contribution in [0.4, 0.5) is 5.69 Å². The number of anilines is 1. The van der Waals surface area contributed by atoms with Crippen LogP contribution in [-0.2, 0) is 0 Å². The summed E-state index contributed by atoms with van der Waals surface area (Å²) in [5, 5.41) is 9.04. The van der Waals surface area contributed by atoms with Gasteiger partial charge in [-0.2, -0.15) is 0 Å². The van der Waals surface area contributed by atoms with Gasteiger partial charge < -0.3 is 9.88 Å². The predicted octanol–water partition coefficient (Wildman–Crippen LogP) is 11.8. The quantitative estimate of drug-likeness (QED) is 0.211. The van der Waals surface area contributed by atoms with Gasteiger partial charge in [-0.3, -0.25) is 0 Å². The molecule has 0 saturated carbocycles. The lowest BCUT2D eigenvalue weighted by Crippen LogP contribution is -2.21. The molecular formula is C43H28N2S. The number of para-hydroxylation sites is 2. The number of hydrogen-bond donors (Lipinski definition) is 1. The van der Waals surface area contributed by atoms with Crippen molar-refractivity contribution < 1.29 is 0 Å². The number of nitrogens with one attached hydrogen (secondary N) is 1.